The van der Waals surface area contributed by atoms with Gasteiger partial charge in [0.1, 0.15) is 6.61 Å². The summed E-state index contributed by atoms with van der Waals surface area (Å²) in [5.74, 6) is -0.622. The number of unbranched alkanes of at least 4 members (excludes halogenated alkanes) is 1. The quantitative estimate of drug-likeness (QED) is 0.547. The van der Waals surface area contributed by atoms with E-state index in [4.69, 9.17) is 18.9 Å². The Morgan fingerprint density at radius 2 is 1.95 bits per heavy atom. The first-order chi connectivity index (χ1) is 9.24. The van der Waals surface area contributed by atoms with Crippen molar-refractivity contribution in [2.24, 2.45) is 0 Å². The van der Waals surface area contributed by atoms with Crippen LogP contribution in [0.3, 0.4) is 0 Å². The van der Waals surface area contributed by atoms with Crippen molar-refractivity contribution >= 4 is 5.97 Å². The van der Waals surface area contributed by atoms with Crippen LogP contribution in [0, 0.1) is 0 Å². The van der Waals surface area contributed by atoms with Crippen molar-refractivity contribution in [2.75, 3.05) is 26.4 Å². The van der Waals surface area contributed by atoms with Gasteiger partial charge in [0.25, 0.3) is 0 Å². The molecular formula is C14H24O5. The first-order valence-electron chi connectivity index (χ1n) is 7.29. The second kappa shape index (κ2) is 7.22. The van der Waals surface area contributed by atoms with Gasteiger partial charge < -0.3 is 18.9 Å². The zero-order valence-electron chi connectivity index (χ0n) is 11.7. The van der Waals surface area contributed by atoms with Gasteiger partial charge in [-0.25, -0.2) is 4.79 Å². The van der Waals surface area contributed by atoms with Gasteiger partial charge in [-0.05, 0) is 19.3 Å². The molecule has 0 radical (unpaired) electrons. The lowest BCUT2D eigenvalue weighted by Crippen LogP contribution is -2.38. The summed E-state index contributed by atoms with van der Waals surface area (Å²) in [7, 11) is 0. The molecule has 1 aliphatic heterocycles. The Morgan fingerprint density at radius 1 is 1.26 bits per heavy atom. The van der Waals surface area contributed by atoms with E-state index in [0.717, 1.165) is 38.5 Å². The maximum atomic E-state index is 11.4. The van der Waals surface area contributed by atoms with Crippen molar-refractivity contribution in [3.8, 4) is 0 Å². The zero-order valence-corrected chi connectivity index (χ0v) is 11.7. The number of hydrogen-bond acceptors (Lipinski definition) is 5. The predicted octanol–water partition coefficient (Wildman–Crippen LogP) is 2.03. The monoisotopic (exact) mass is 272 g/mol. The highest BCUT2D eigenvalue weighted by Gasteiger charge is 2.40. The predicted molar refractivity (Wildman–Crippen MR) is 68.7 cm³/mol. The molecule has 0 aromatic rings. The van der Waals surface area contributed by atoms with Crippen LogP contribution in [0.1, 0.15) is 45.4 Å². The number of ether oxygens (including phenoxy) is 4. The molecule has 1 spiro atoms. The molecule has 0 unspecified atom stereocenters. The van der Waals surface area contributed by atoms with Crippen LogP contribution in [0.2, 0.25) is 0 Å². The zero-order chi connectivity index (χ0) is 13.6. The molecule has 0 aromatic carbocycles. The molecule has 0 atom stereocenters. The number of esters is 1. The maximum absolute atomic E-state index is 11.4. The van der Waals surface area contributed by atoms with Crippen molar-refractivity contribution in [3.63, 3.8) is 0 Å². The van der Waals surface area contributed by atoms with E-state index >= 15 is 0 Å². The fraction of sp³-hybridized carbons (Fsp3) is 0.929. The lowest BCUT2D eigenvalue weighted by Gasteiger charge is -2.35. The van der Waals surface area contributed by atoms with Gasteiger partial charge in [-0.1, -0.05) is 13.3 Å². The Labute approximate surface area is 114 Å². The SMILES string of the molecule is CCCCOC(=O)COC1CCC2(CC1)OCCO2. The Balaban J connectivity index is 1.59. The average Bonchev–Trinajstić information content (AvgIpc) is 2.87. The average molecular weight is 272 g/mol. The third kappa shape index (κ3) is 4.44. The minimum Gasteiger partial charge on any atom is -0.464 e. The van der Waals surface area contributed by atoms with E-state index in [0.29, 0.717) is 19.8 Å². The van der Waals surface area contributed by atoms with Crippen molar-refractivity contribution in [3.05, 3.63) is 0 Å². The van der Waals surface area contributed by atoms with Crippen molar-refractivity contribution in [2.45, 2.75) is 57.3 Å². The summed E-state index contributed by atoms with van der Waals surface area (Å²) in [6.07, 6.45) is 5.51. The van der Waals surface area contributed by atoms with Gasteiger partial charge in [0.15, 0.2) is 5.79 Å². The normalized spacial score (nSPS) is 22.8. The molecule has 0 bridgehead atoms. The summed E-state index contributed by atoms with van der Waals surface area (Å²) >= 11 is 0. The summed E-state index contributed by atoms with van der Waals surface area (Å²) in [6, 6.07) is 0. The first-order valence-corrected chi connectivity index (χ1v) is 7.29. The largest absolute Gasteiger partial charge is 0.464 e. The van der Waals surface area contributed by atoms with Gasteiger partial charge in [-0.3, -0.25) is 0 Å². The van der Waals surface area contributed by atoms with Crippen LogP contribution in [-0.4, -0.2) is 44.3 Å². The standard InChI is InChI=1S/C14H24O5/c1-2-3-8-16-13(15)11-17-12-4-6-14(7-5-12)18-9-10-19-14/h12H,2-11H2,1H3. The van der Waals surface area contributed by atoms with Gasteiger partial charge in [0.2, 0.25) is 0 Å². The van der Waals surface area contributed by atoms with Crippen LogP contribution in [0.4, 0.5) is 0 Å². The molecule has 1 saturated heterocycles. The van der Waals surface area contributed by atoms with Crippen molar-refractivity contribution < 1.29 is 23.7 Å². The van der Waals surface area contributed by atoms with Gasteiger partial charge in [0.05, 0.1) is 25.9 Å². The Bertz CT molecular complexity index is 276. The molecular weight excluding hydrogens is 248 g/mol. The number of carbonyl (C=O) groups is 1. The summed E-state index contributed by atoms with van der Waals surface area (Å²) < 4.78 is 21.9. The summed E-state index contributed by atoms with van der Waals surface area (Å²) in [5, 5.41) is 0. The van der Waals surface area contributed by atoms with Crippen LogP contribution in [0.5, 0.6) is 0 Å². The molecule has 2 fully saturated rings. The molecule has 0 aromatic heterocycles. The minimum absolute atomic E-state index is 0.0586. The van der Waals surface area contributed by atoms with Gasteiger partial charge >= 0.3 is 5.97 Å². The third-order valence-electron chi connectivity index (χ3n) is 3.71. The van der Waals surface area contributed by atoms with E-state index < -0.39 is 0 Å². The van der Waals surface area contributed by atoms with Gasteiger partial charge in [0, 0.05) is 12.8 Å². The molecule has 1 saturated carbocycles. The van der Waals surface area contributed by atoms with Crippen LogP contribution in [0.25, 0.3) is 0 Å². The van der Waals surface area contributed by atoms with Crippen LogP contribution >= 0.6 is 0 Å². The third-order valence-corrected chi connectivity index (χ3v) is 3.71. The van der Waals surface area contributed by atoms with E-state index in [2.05, 4.69) is 6.92 Å². The van der Waals surface area contributed by atoms with E-state index in [1.165, 1.54) is 0 Å². The molecule has 5 heteroatoms. The lowest BCUT2D eigenvalue weighted by molar-refractivity contribution is -0.193. The molecule has 5 nitrogen and oxygen atoms in total. The summed E-state index contributed by atoms with van der Waals surface area (Å²) in [5.41, 5.74) is 0. The minimum atomic E-state index is -0.360. The topological polar surface area (TPSA) is 54.0 Å². The van der Waals surface area contributed by atoms with Crippen LogP contribution in [-0.2, 0) is 23.7 Å². The van der Waals surface area contributed by atoms with Gasteiger partial charge in [-0.2, -0.15) is 0 Å². The second-order valence-electron chi connectivity index (χ2n) is 5.19. The van der Waals surface area contributed by atoms with E-state index in [9.17, 15) is 4.79 Å². The Kier molecular flexibility index (Phi) is 5.60. The van der Waals surface area contributed by atoms with E-state index in [1.54, 1.807) is 0 Å². The second-order valence-corrected chi connectivity index (χ2v) is 5.19. The van der Waals surface area contributed by atoms with E-state index in [-0.39, 0.29) is 24.5 Å². The summed E-state index contributed by atoms with van der Waals surface area (Å²) in [4.78, 5) is 11.4. The highest BCUT2D eigenvalue weighted by molar-refractivity contribution is 5.70. The highest BCUT2D eigenvalue weighted by atomic mass is 16.7. The van der Waals surface area contributed by atoms with Crippen LogP contribution < -0.4 is 0 Å². The summed E-state index contributed by atoms with van der Waals surface area (Å²) in [6.45, 7) is 4.00. The molecule has 2 aliphatic rings. The number of rotatable bonds is 6. The lowest BCUT2D eigenvalue weighted by atomic mass is 9.92. The van der Waals surface area contributed by atoms with Crippen molar-refractivity contribution in [1.29, 1.82) is 0 Å². The fourth-order valence-corrected chi connectivity index (χ4v) is 2.54. The Hall–Kier alpha value is -0.650. The Morgan fingerprint density at radius 3 is 2.58 bits per heavy atom. The first kappa shape index (κ1) is 14.8. The molecule has 110 valence electrons. The number of hydrogen-bond donors (Lipinski definition) is 0. The molecule has 1 aliphatic carbocycles. The van der Waals surface area contributed by atoms with Gasteiger partial charge in [-0.15, -0.1) is 0 Å². The molecule has 1 heterocycles. The highest BCUT2D eigenvalue weighted by Crippen LogP contribution is 2.36. The molecule has 0 amide bonds. The number of carbonyl (C=O) groups excluding carboxylic acids is 1. The molecule has 19 heavy (non-hydrogen) atoms. The van der Waals surface area contributed by atoms with Crippen molar-refractivity contribution in [1.82, 2.24) is 0 Å². The van der Waals surface area contributed by atoms with E-state index in [1.807, 2.05) is 0 Å². The smallest absolute Gasteiger partial charge is 0.332 e. The maximum Gasteiger partial charge on any atom is 0.332 e. The molecule has 0 N–H and O–H groups in total. The van der Waals surface area contributed by atoms with Crippen LogP contribution in [0.15, 0.2) is 0 Å². The molecule has 2 rings (SSSR count). The fourth-order valence-electron chi connectivity index (χ4n) is 2.54.